The van der Waals surface area contributed by atoms with E-state index in [1.807, 2.05) is 42.5 Å². The minimum atomic E-state index is -0.408. The average Bonchev–Trinajstić information content (AvgIpc) is 2.86. The van der Waals surface area contributed by atoms with Gasteiger partial charge >= 0.3 is 5.97 Å². The molecular formula is C18H17NO3. The fraction of sp³-hybridized carbons (Fsp3) is 0.167. The van der Waals surface area contributed by atoms with E-state index >= 15 is 0 Å². The van der Waals surface area contributed by atoms with Crippen molar-refractivity contribution >= 4 is 11.7 Å². The Bertz CT molecular complexity index is 709. The van der Waals surface area contributed by atoms with Crippen molar-refractivity contribution in [3.05, 3.63) is 71.8 Å². The van der Waals surface area contributed by atoms with Crippen LogP contribution in [0, 0.1) is 0 Å². The molecular weight excluding hydrogens is 278 g/mol. The summed E-state index contributed by atoms with van der Waals surface area (Å²) in [6.07, 6.45) is 1.40. The lowest BCUT2D eigenvalue weighted by atomic mass is 10.00. The van der Waals surface area contributed by atoms with E-state index in [1.165, 1.54) is 0 Å². The van der Waals surface area contributed by atoms with Gasteiger partial charge in [0.05, 0.1) is 11.7 Å². The topological polar surface area (TPSA) is 58.6 Å². The molecule has 0 saturated carbocycles. The largest absolute Gasteiger partial charge is 0.506 e. The third-order valence-corrected chi connectivity index (χ3v) is 3.68. The molecule has 0 fully saturated rings. The minimum absolute atomic E-state index is 0.161. The van der Waals surface area contributed by atoms with Crippen molar-refractivity contribution in [3.63, 3.8) is 0 Å². The third kappa shape index (κ3) is 2.81. The average molecular weight is 295 g/mol. The second kappa shape index (κ2) is 5.93. The number of phenolic OH excluding ortho intramolecular Hbond substituents is 1. The Labute approximate surface area is 129 Å². The molecule has 2 atom stereocenters. The van der Waals surface area contributed by atoms with Gasteiger partial charge < -0.3 is 15.2 Å². The molecule has 0 saturated heterocycles. The molecule has 1 aliphatic heterocycles. The maximum atomic E-state index is 11.7. The molecule has 2 N–H and O–H groups in total. The number of benzene rings is 2. The van der Waals surface area contributed by atoms with Crippen LogP contribution in [0.15, 0.2) is 66.2 Å². The summed E-state index contributed by atoms with van der Waals surface area (Å²) in [5.74, 6) is -0.140. The predicted octanol–water partition coefficient (Wildman–Crippen LogP) is 3.42. The second-order valence-corrected chi connectivity index (χ2v) is 5.27. The van der Waals surface area contributed by atoms with Gasteiger partial charge in [-0.15, -0.1) is 0 Å². The van der Waals surface area contributed by atoms with E-state index < -0.39 is 6.10 Å². The summed E-state index contributed by atoms with van der Waals surface area (Å²) in [5.41, 5.74) is 2.19. The number of hydrogen-bond donors (Lipinski definition) is 2. The van der Waals surface area contributed by atoms with Crippen molar-refractivity contribution < 1.29 is 14.6 Å². The Hall–Kier alpha value is -2.75. The summed E-state index contributed by atoms with van der Waals surface area (Å²) in [6, 6.07) is 16.5. The van der Waals surface area contributed by atoms with Crippen LogP contribution in [0.2, 0.25) is 0 Å². The maximum Gasteiger partial charge on any atom is 0.334 e. The smallest absolute Gasteiger partial charge is 0.334 e. The standard InChI is InChI=1S/C18H17NO3/c1-12-11-16(22-18(12)21)17(13-7-3-2-4-8-13)19-14-9-5-6-10-15(14)20/h2-11,16-17,19-20H,1H3/t16-,17+/m1/s1. The third-order valence-electron chi connectivity index (χ3n) is 3.68. The monoisotopic (exact) mass is 295 g/mol. The lowest BCUT2D eigenvalue weighted by Crippen LogP contribution is -2.25. The van der Waals surface area contributed by atoms with E-state index in [-0.39, 0.29) is 17.8 Å². The highest BCUT2D eigenvalue weighted by Gasteiger charge is 2.31. The zero-order valence-corrected chi connectivity index (χ0v) is 12.2. The highest BCUT2D eigenvalue weighted by Crippen LogP contribution is 2.32. The summed E-state index contributed by atoms with van der Waals surface area (Å²) in [4.78, 5) is 11.7. The number of para-hydroxylation sites is 2. The van der Waals surface area contributed by atoms with Crippen molar-refractivity contribution in [1.82, 2.24) is 0 Å². The first-order valence-electron chi connectivity index (χ1n) is 7.14. The molecule has 0 aliphatic carbocycles. The molecule has 112 valence electrons. The first-order chi connectivity index (χ1) is 10.6. The SMILES string of the molecule is CC1=C[C@H]([C@@H](Nc2ccccc2O)c2ccccc2)OC1=O. The lowest BCUT2D eigenvalue weighted by molar-refractivity contribution is -0.140. The van der Waals surface area contributed by atoms with Crippen molar-refractivity contribution in [1.29, 1.82) is 0 Å². The molecule has 0 spiro atoms. The van der Waals surface area contributed by atoms with Gasteiger partial charge in [-0.3, -0.25) is 0 Å². The van der Waals surface area contributed by atoms with E-state index in [9.17, 15) is 9.90 Å². The van der Waals surface area contributed by atoms with E-state index in [2.05, 4.69) is 5.32 Å². The number of nitrogens with one attached hydrogen (secondary N) is 1. The molecule has 2 aromatic rings. The van der Waals surface area contributed by atoms with Gasteiger partial charge in [-0.05, 0) is 30.7 Å². The molecule has 4 nitrogen and oxygen atoms in total. The molecule has 1 heterocycles. The molecule has 22 heavy (non-hydrogen) atoms. The van der Waals surface area contributed by atoms with Crippen LogP contribution in [0.25, 0.3) is 0 Å². The van der Waals surface area contributed by atoms with Crippen LogP contribution in [0.1, 0.15) is 18.5 Å². The number of hydrogen-bond acceptors (Lipinski definition) is 4. The summed E-state index contributed by atoms with van der Waals surface area (Å²) >= 11 is 0. The zero-order chi connectivity index (χ0) is 15.5. The molecule has 1 aliphatic rings. The van der Waals surface area contributed by atoms with E-state index in [1.54, 1.807) is 25.1 Å². The number of carbonyl (C=O) groups excluding carboxylic acids is 1. The van der Waals surface area contributed by atoms with Gasteiger partial charge in [0.25, 0.3) is 0 Å². The molecule has 2 aromatic carbocycles. The number of ether oxygens (including phenoxy) is 1. The van der Waals surface area contributed by atoms with Crippen LogP contribution in [0.3, 0.4) is 0 Å². The van der Waals surface area contributed by atoms with Gasteiger partial charge in [0.2, 0.25) is 0 Å². The van der Waals surface area contributed by atoms with Crippen molar-refractivity contribution in [2.45, 2.75) is 19.1 Å². The lowest BCUT2D eigenvalue weighted by Gasteiger charge is -2.25. The minimum Gasteiger partial charge on any atom is -0.506 e. The van der Waals surface area contributed by atoms with Gasteiger partial charge in [0.1, 0.15) is 11.9 Å². The van der Waals surface area contributed by atoms with E-state index in [0.29, 0.717) is 11.3 Å². The number of anilines is 1. The molecule has 0 bridgehead atoms. The molecule has 0 amide bonds. The fourth-order valence-corrected chi connectivity index (χ4v) is 2.51. The Morgan fingerprint density at radius 1 is 1.09 bits per heavy atom. The van der Waals surface area contributed by atoms with Crippen molar-refractivity contribution in [3.8, 4) is 5.75 Å². The van der Waals surface area contributed by atoms with Crippen LogP contribution >= 0.6 is 0 Å². The van der Waals surface area contributed by atoms with Gasteiger partial charge in [-0.1, -0.05) is 42.5 Å². The van der Waals surface area contributed by atoms with Gasteiger partial charge in [0, 0.05) is 5.57 Å². The Kier molecular flexibility index (Phi) is 3.83. The number of phenols is 1. The zero-order valence-electron chi connectivity index (χ0n) is 12.2. The van der Waals surface area contributed by atoms with E-state index in [4.69, 9.17) is 4.74 Å². The molecule has 4 heteroatoms. The normalized spacial score (nSPS) is 18.5. The summed E-state index contributed by atoms with van der Waals surface area (Å²) in [5, 5.41) is 13.2. The first kappa shape index (κ1) is 14.2. The predicted molar refractivity (Wildman–Crippen MR) is 84.5 cm³/mol. The van der Waals surface area contributed by atoms with Gasteiger partial charge in [-0.2, -0.15) is 0 Å². The highest BCUT2D eigenvalue weighted by atomic mass is 16.5. The number of rotatable bonds is 4. The van der Waals surface area contributed by atoms with Crippen LogP contribution in [-0.2, 0) is 9.53 Å². The van der Waals surface area contributed by atoms with Crippen LogP contribution in [-0.4, -0.2) is 17.2 Å². The Morgan fingerprint density at radius 3 is 2.41 bits per heavy atom. The van der Waals surface area contributed by atoms with Gasteiger partial charge in [-0.25, -0.2) is 4.79 Å². The molecule has 0 unspecified atom stereocenters. The van der Waals surface area contributed by atoms with Crippen LogP contribution in [0.4, 0.5) is 5.69 Å². The Morgan fingerprint density at radius 2 is 1.77 bits per heavy atom. The molecule has 0 aromatic heterocycles. The van der Waals surface area contributed by atoms with Crippen molar-refractivity contribution in [2.24, 2.45) is 0 Å². The van der Waals surface area contributed by atoms with Crippen LogP contribution < -0.4 is 5.32 Å². The quantitative estimate of drug-likeness (QED) is 0.670. The maximum absolute atomic E-state index is 11.7. The van der Waals surface area contributed by atoms with Gasteiger partial charge in [0.15, 0.2) is 0 Å². The summed E-state index contributed by atoms with van der Waals surface area (Å²) in [7, 11) is 0. The summed E-state index contributed by atoms with van der Waals surface area (Å²) in [6.45, 7) is 1.74. The fourth-order valence-electron chi connectivity index (χ4n) is 2.51. The van der Waals surface area contributed by atoms with E-state index in [0.717, 1.165) is 5.56 Å². The number of carbonyl (C=O) groups is 1. The Balaban J connectivity index is 1.94. The molecule has 3 rings (SSSR count). The molecule has 0 radical (unpaired) electrons. The summed E-state index contributed by atoms with van der Waals surface area (Å²) < 4.78 is 5.43. The number of esters is 1. The number of cyclic esters (lactones) is 1. The number of aromatic hydroxyl groups is 1. The first-order valence-corrected chi connectivity index (χ1v) is 7.14. The van der Waals surface area contributed by atoms with Crippen LogP contribution in [0.5, 0.6) is 5.75 Å². The second-order valence-electron chi connectivity index (χ2n) is 5.27. The van der Waals surface area contributed by atoms with Crippen molar-refractivity contribution in [2.75, 3.05) is 5.32 Å². The highest BCUT2D eigenvalue weighted by molar-refractivity contribution is 5.90.